The van der Waals surface area contributed by atoms with Gasteiger partial charge >= 0.3 is 0 Å². The molecule has 0 aliphatic heterocycles. The number of rotatable bonds is 5. The number of ketones is 1. The van der Waals surface area contributed by atoms with Gasteiger partial charge in [-0.3, -0.25) is 9.69 Å². The van der Waals surface area contributed by atoms with E-state index in [-0.39, 0.29) is 11.9 Å². The van der Waals surface area contributed by atoms with Crippen molar-refractivity contribution in [3.05, 3.63) is 21.4 Å². The van der Waals surface area contributed by atoms with E-state index in [0.717, 1.165) is 29.8 Å². The number of hydrogen-bond donors (Lipinski definition) is 1. The Balaban J connectivity index is 1.85. The van der Waals surface area contributed by atoms with Crippen molar-refractivity contribution in [2.24, 2.45) is 5.92 Å². The molecule has 1 aromatic heterocycles. The molecule has 0 radical (unpaired) electrons. The minimum atomic E-state index is -0.110. The number of carbonyl (C=O) groups excluding carboxylic acids is 1. The molecule has 2 rings (SSSR count). The van der Waals surface area contributed by atoms with Crippen molar-refractivity contribution in [1.82, 2.24) is 4.90 Å². The maximum absolute atomic E-state index is 12.2. The molecule has 0 atom stereocenters. The molecule has 1 aliphatic rings. The fourth-order valence-corrected chi connectivity index (χ4v) is 3.54. The average Bonchev–Trinajstić information content (AvgIpc) is 2.55. The molecule has 18 heavy (non-hydrogen) atoms. The van der Waals surface area contributed by atoms with Crippen molar-refractivity contribution in [1.29, 1.82) is 0 Å². The van der Waals surface area contributed by atoms with Gasteiger partial charge in [-0.1, -0.05) is 0 Å². The van der Waals surface area contributed by atoms with E-state index in [9.17, 15) is 9.90 Å². The van der Waals surface area contributed by atoms with E-state index in [1.54, 1.807) is 11.3 Å². The Morgan fingerprint density at radius 3 is 2.67 bits per heavy atom. The number of aliphatic hydroxyl groups is 1. The number of aliphatic hydroxyl groups excluding tert-OH is 1. The van der Waals surface area contributed by atoms with Gasteiger partial charge in [0.2, 0.25) is 0 Å². The first kappa shape index (κ1) is 13.7. The highest BCUT2D eigenvalue weighted by Gasteiger charge is 2.28. The predicted molar refractivity (Wildman–Crippen MR) is 74.4 cm³/mol. The Hall–Kier alpha value is -0.710. The lowest BCUT2D eigenvalue weighted by atomic mass is 9.82. The van der Waals surface area contributed by atoms with Gasteiger partial charge in [0.05, 0.1) is 12.6 Å². The Morgan fingerprint density at radius 1 is 1.50 bits per heavy atom. The summed E-state index contributed by atoms with van der Waals surface area (Å²) in [6, 6.07) is 1.99. The van der Waals surface area contributed by atoms with Gasteiger partial charge in [-0.05, 0) is 45.7 Å². The van der Waals surface area contributed by atoms with Gasteiger partial charge in [0.15, 0.2) is 5.78 Å². The minimum Gasteiger partial charge on any atom is -0.393 e. The maximum Gasteiger partial charge on any atom is 0.177 e. The van der Waals surface area contributed by atoms with Crippen molar-refractivity contribution in [2.45, 2.75) is 32.8 Å². The normalized spacial score (nSPS) is 23.2. The van der Waals surface area contributed by atoms with E-state index < -0.39 is 0 Å². The van der Waals surface area contributed by atoms with E-state index in [2.05, 4.69) is 4.90 Å². The van der Waals surface area contributed by atoms with Crippen molar-refractivity contribution < 1.29 is 9.90 Å². The van der Waals surface area contributed by atoms with Gasteiger partial charge in [-0.15, -0.1) is 11.3 Å². The highest BCUT2D eigenvalue weighted by Crippen LogP contribution is 2.27. The van der Waals surface area contributed by atoms with E-state index >= 15 is 0 Å². The van der Waals surface area contributed by atoms with Crippen LogP contribution < -0.4 is 0 Å². The first-order chi connectivity index (χ1) is 8.45. The Morgan fingerprint density at radius 2 is 2.17 bits per heavy atom. The standard InChI is InChI=1S/C14H21NO2S/c1-9-4-13(10(2)18-9)14(17)8-15(3)7-11-5-12(16)6-11/h4,11-12,16H,5-8H2,1-3H3. The Labute approximate surface area is 112 Å². The second-order valence-electron chi connectivity index (χ2n) is 5.44. The van der Waals surface area contributed by atoms with Crippen LogP contribution in [0.1, 0.15) is 33.0 Å². The molecule has 1 aliphatic carbocycles. The van der Waals surface area contributed by atoms with E-state index in [0.29, 0.717) is 12.5 Å². The van der Waals surface area contributed by atoms with Crippen LogP contribution in [0.25, 0.3) is 0 Å². The molecule has 1 N–H and O–H groups in total. The van der Waals surface area contributed by atoms with Gasteiger partial charge in [-0.2, -0.15) is 0 Å². The SMILES string of the molecule is Cc1cc(C(=O)CN(C)CC2CC(O)C2)c(C)s1. The Bertz CT molecular complexity index is 435. The van der Waals surface area contributed by atoms with Crippen LogP contribution in [-0.2, 0) is 0 Å². The highest BCUT2D eigenvalue weighted by atomic mass is 32.1. The van der Waals surface area contributed by atoms with Crippen molar-refractivity contribution >= 4 is 17.1 Å². The number of hydrogen-bond acceptors (Lipinski definition) is 4. The monoisotopic (exact) mass is 267 g/mol. The largest absolute Gasteiger partial charge is 0.393 e. The van der Waals surface area contributed by atoms with Gasteiger partial charge < -0.3 is 5.11 Å². The van der Waals surface area contributed by atoms with Crippen LogP contribution in [0.3, 0.4) is 0 Å². The molecule has 1 heterocycles. The summed E-state index contributed by atoms with van der Waals surface area (Å²) < 4.78 is 0. The third-order valence-corrected chi connectivity index (χ3v) is 4.50. The van der Waals surface area contributed by atoms with E-state index in [1.807, 2.05) is 27.0 Å². The van der Waals surface area contributed by atoms with E-state index in [1.165, 1.54) is 4.88 Å². The van der Waals surface area contributed by atoms with Gasteiger partial charge in [-0.25, -0.2) is 0 Å². The van der Waals surface area contributed by atoms with Gasteiger partial charge in [0, 0.05) is 21.9 Å². The van der Waals surface area contributed by atoms with Crippen molar-refractivity contribution in [3.63, 3.8) is 0 Å². The number of carbonyl (C=O) groups is 1. The average molecular weight is 267 g/mol. The quantitative estimate of drug-likeness (QED) is 0.832. The fourth-order valence-electron chi connectivity index (χ4n) is 2.59. The summed E-state index contributed by atoms with van der Waals surface area (Å²) in [5.41, 5.74) is 0.873. The second kappa shape index (κ2) is 5.51. The first-order valence-corrected chi connectivity index (χ1v) is 7.24. The molecule has 0 amide bonds. The Kier molecular flexibility index (Phi) is 4.20. The predicted octanol–water partition coefficient (Wildman–Crippen LogP) is 2.25. The van der Waals surface area contributed by atoms with Crippen molar-refractivity contribution in [3.8, 4) is 0 Å². The van der Waals surface area contributed by atoms with Crippen LogP contribution >= 0.6 is 11.3 Å². The molecule has 1 fully saturated rings. The summed E-state index contributed by atoms with van der Waals surface area (Å²) >= 11 is 1.68. The highest BCUT2D eigenvalue weighted by molar-refractivity contribution is 7.12. The van der Waals surface area contributed by atoms with Crippen LogP contribution in [0, 0.1) is 19.8 Å². The number of thiophene rings is 1. The third-order valence-electron chi connectivity index (χ3n) is 3.54. The van der Waals surface area contributed by atoms with Crippen LogP contribution in [0.4, 0.5) is 0 Å². The topological polar surface area (TPSA) is 40.5 Å². The summed E-state index contributed by atoms with van der Waals surface area (Å²) in [4.78, 5) is 16.5. The third kappa shape index (κ3) is 3.19. The number of nitrogens with zero attached hydrogens (tertiary/aromatic N) is 1. The molecule has 0 unspecified atom stereocenters. The molecule has 1 saturated carbocycles. The number of aryl methyl sites for hydroxylation is 2. The molecule has 4 heteroatoms. The first-order valence-electron chi connectivity index (χ1n) is 6.42. The zero-order valence-corrected chi connectivity index (χ0v) is 12.1. The zero-order valence-electron chi connectivity index (χ0n) is 11.3. The maximum atomic E-state index is 12.2. The molecular formula is C14H21NO2S. The van der Waals surface area contributed by atoms with Crippen LogP contribution in [0.2, 0.25) is 0 Å². The molecule has 3 nitrogen and oxygen atoms in total. The van der Waals surface area contributed by atoms with Gasteiger partial charge in [0.25, 0.3) is 0 Å². The fraction of sp³-hybridized carbons (Fsp3) is 0.643. The summed E-state index contributed by atoms with van der Waals surface area (Å²) in [7, 11) is 1.98. The molecule has 100 valence electrons. The summed E-state index contributed by atoms with van der Waals surface area (Å²) in [6.45, 7) is 5.43. The smallest absolute Gasteiger partial charge is 0.177 e. The number of likely N-dealkylation sites (N-methyl/N-ethyl adjacent to an activating group) is 1. The van der Waals surface area contributed by atoms with Crippen LogP contribution in [0.5, 0.6) is 0 Å². The number of Topliss-reactive ketones (excluding diaryl/α,β-unsaturated/α-hetero) is 1. The van der Waals surface area contributed by atoms with Gasteiger partial charge in [0.1, 0.15) is 0 Å². The lowest BCUT2D eigenvalue weighted by Crippen LogP contribution is -2.38. The molecule has 0 aromatic carbocycles. The molecule has 0 bridgehead atoms. The lowest BCUT2D eigenvalue weighted by molar-refractivity contribution is 0.0286. The second-order valence-corrected chi connectivity index (χ2v) is 6.90. The molecule has 1 aromatic rings. The van der Waals surface area contributed by atoms with Crippen LogP contribution in [-0.4, -0.2) is 42.0 Å². The van der Waals surface area contributed by atoms with E-state index in [4.69, 9.17) is 0 Å². The van der Waals surface area contributed by atoms with Crippen LogP contribution in [0.15, 0.2) is 6.07 Å². The summed E-state index contributed by atoms with van der Waals surface area (Å²) in [5.74, 6) is 0.766. The summed E-state index contributed by atoms with van der Waals surface area (Å²) in [5, 5.41) is 9.25. The molecule has 0 saturated heterocycles. The summed E-state index contributed by atoms with van der Waals surface area (Å²) in [6.07, 6.45) is 1.66. The lowest BCUT2D eigenvalue weighted by Gasteiger charge is -2.34. The molecular weight excluding hydrogens is 246 g/mol. The zero-order chi connectivity index (χ0) is 13.3. The molecule has 0 spiro atoms. The van der Waals surface area contributed by atoms with Crippen molar-refractivity contribution in [2.75, 3.05) is 20.1 Å². The minimum absolute atomic E-state index is 0.110.